The lowest BCUT2D eigenvalue weighted by Gasteiger charge is -2.50. The molecule has 0 aliphatic carbocycles. The molecule has 8 nitrogen and oxygen atoms in total. The average molecular weight is 862 g/mol. The van der Waals surface area contributed by atoms with E-state index >= 15 is 0 Å². The molecule has 0 radical (unpaired) electrons. The van der Waals surface area contributed by atoms with Crippen LogP contribution in [0.1, 0.15) is 66.2 Å². The Hall–Kier alpha value is -2.38. The fraction of sp³-hybridized carbons (Fsp3) is 0.574. The van der Waals surface area contributed by atoms with Crippen molar-refractivity contribution in [3.05, 3.63) is 102 Å². The molecule has 0 bridgehead atoms. The van der Waals surface area contributed by atoms with E-state index in [-0.39, 0.29) is 84.4 Å². The van der Waals surface area contributed by atoms with Crippen molar-refractivity contribution >= 4 is 35.0 Å². The molecule has 13 atom stereocenters. The molecule has 0 unspecified atom stereocenters. The molecule has 2 fully saturated rings. The molecule has 2 saturated heterocycles. The number of benzene rings is 2. The predicted molar refractivity (Wildman–Crippen MR) is 230 cm³/mol. The Balaban J connectivity index is 1.03. The molecule has 8 rings (SSSR count). The van der Waals surface area contributed by atoms with Crippen LogP contribution in [0.3, 0.4) is 0 Å². The Morgan fingerprint density at radius 3 is 2.25 bits per heavy atom. The molecule has 0 saturated carbocycles. The van der Waals surface area contributed by atoms with Gasteiger partial charge >= 0.3 is 0 Å². The maximum absolute atomic E-state index is 7.09. The smallest absolute Gasteiger partial charge is 0.192 e. The Morgan fingerprint density at radius 2 is 1.42 bits per heavy atom. The SMILES string of the molecule is C/C(Br)=C/C[C@H]1O[C@H]2/C=C\C[C@H]3O[C@H]4C[C@H]5O[C@H]6CC=CCO[C@H]6[C@@H](Oc6cccc7ccccc67)[C@H]5O[C@@H]4C=C[C@@H]3O[C@@H]2C/C=C\C[C@@H]1O[Si](C)(C)C(C)(C)C. The topological polar surface area (TPSA) is 73.8 Å². The van der Waals surface area contributed by atoms with Crippen molar-refractivity contribution in [2.75, 3.05) is 6.61 Å². The molecule has 2 aromatic carbocycles. The van der Waals surface area contributed by atoms with Gasteiger partial charge in [-0.05, 0) is 73.1 Å². The minimum Gasteiger partial charge on any atom is -0.484 e. The molecule has 0 N–H and O–H groups in total. The van der Waals surface area contributed by atoms with Crippen LogP contribution in [0.25, 0.3) is 10.8 Å². The van der Waals surface area contributed by atoms with Gasteiger partial charge in [-0.15, -0.1) is 0 Å². The summed E-state index contributed by atoms with van der Waals surface area (Å²) in [6, 6.07) is 14.6. The molecule has 0 amide bonds. The van der Waals surface area contributed by atoms with Gasteiger partial charge in [-0.2, -0.15) is 0 Å². The number of ether oxygens (including phenoxy) is 7. The molecule has 308 valence electrons. The molecule has 0 spiro atoms. The largest absolute Gasteiger partial charge is 0.484 e. The number of fused-ring (bicyclic) bond motifs is 6. The van der Waals surface area contributed by atoms with Crippen LogP contribution < -0.4 is 4.74 Å². The quantitative estimate of drug-likeness (QED) is 0.210. The minimum absolute atomic E-state index is 0.0641. The summed E-state index contributed by atoms with van der Waals surface area (Å²) in [7, 11) is -2.07. The van der Waals surface area contributed by atoms with E-state index in [0.29, 0.717) is 19.4 Å². The number of rotatable bonds is 6. The number of halogens is 1. The summed E-state index contributed by atoms with van der Waals surface area (Å²) in [5.74, 6) is 0.828. The van der Waals surface area contributed by atoms with Crippen LogP contribution in [0, 0.1) is 0 Å². The van der Waals surface area contributed by atoms with Gasteiger partial charge in [-0.25, -0.2) is 0 Å². The van der Waals surface area contributed by atoms with Gasteiger partial charge in [0.2, 0.25) is 0 Å². The third-order valence-corrected chi connectivity index (χ3v) is 17.8. The third-order valence-electron chi connectivity index (χ3n) is 12.9. The molecule has 6 heterocycles. The second-order valence-electron chi connectivity index (χ2n) is 18.0. The van der Waals surface area contributed by atoms with E-state index in [4.69, 9.17) is 37.6 Å². The lowest BCUT2D eigenvalue weighted by Crippen LogP contribution is -2.65. The first-order valence-corrected chi connectivity index (χ1v) is 24.8. The van der Waals surface area contributed by atoms with Gasteiger partial charge in [0.25, 0.3) is 0 Å². The summed E-state index contributed by atoms with van der Waals surface area (Å²) in [6.45, 7) is 14.1. The molecular weight excluding hydrogens is 800 g/mol. The van der Waals surface area contributed by atoms with Crippen molar-refractivity contribution in [1.29, 1.82) is 0 Å². The van der Waals surface area contributed by atoms with Crippen molar-refractivity contribution in [3.8, 4) is 5.75 Å². The average Bonchev–Trinajstić information content (AvgIpc) is 3.47. The Morgan fingerprint density at radius 1 is 0.737 bits per heavy atom. The van der Waals surface area contributed by atoms with Crippen LogP contribution in [-0.2, 0) is 32.8 Å². The monoisotopic (exact) mass is 860 g/mol. The van der Waals surface area contributed by atoms with E-state index < -0.39 is 8.32 Å². The zero-order valence-corrected chi connectivity index (χ0v) is 36.9. The van der Waals surface area contributed by atoms with Gasteiger partial charge in [0.1, 0.15) is 36.3 Å². The van der Waals surface area contributed by atoms with Crippen LogP contribution in [0.15, 0.2) is 102 Å². The van der Waals surface area contributed by atoms with Gasteiger partial charge in [0, 0.05) is 11.8 Å². The van der Waals surface area contributed by atoms with E-state index in [0.717, 1.165) is 46.7 Å². The van der Waals surface area contributed by atoms with Crippen LogP contribution in [0.4, 0.5) is 0 Å². The van der Waals surface area contributed by atoms with E-state index in [1.54, 1.807) is 0 Å². The lowest BCUT2D eigenvalue weighted by molar-refractivity contribution is -0.281. The molecule has 6 aliphatic rings. The lowest BCUT2D eigenvalue weighted by atomic mass is 9.87. The zero-order chi connectivity index (χ0) is 39.7. The van der Waals surface area contributed by atoms with Gasteiger partial charge in [0.15, 0.2) is 14.4 Å². The van der Waals surface area contributed by atoms with Gasteiger partial charge in [0.05, 0.1) is 49.3 Å². The van der Waals surface area contributed by atoms with E-state index in [9.17, 15) is 0 Å². The van der Waals surface area contributed by atoms with Crippen molar-refractivity contribution in [2.24, 2.45) is 0 Å². The van der Waals surface area contributed by atoms with Gasteiger partial charge < -0.3 is 37.6 Å². The Bertz CT molecular complexity index is 1840. The summed E-state index contributed by atoms with van der Waals surface area (Å²) in [4.78, 5) is 0. The molecule has 10 heteroatoms. The molecule has 6 aliphatic heterocycles. The van der Waals surface area contributed by atoms with Crippen LogP contribution >= 0.6 is 15.9 Å². The van der Waals surface area contributed by atoms with Crippen LogP contribution in [0.5, 0.6) is 5.75 Å². The third kappa shape index (κ3) is 9.35. The Kier molecular flexibility index (Phi) is 12.8. The fourth-order valence-corrected chi connectivity index (χ4v) is 10.4. The second kappa shape index (κ2) is 17.7. The maximum atomic E-state index is 7.09. The first-order valence-electron chi connectivity index (χ1n) is 21.1. The van der Waals surface area contributed by atoms with Crippen molar-refractivity contribution in [2.45, 2.75) is 164 Å². The highest BCUT2D eigenvalue weighted by molar-refractivity contribution is 9.11. The molecule has 57 heavy (non-hydrogen) atoms. The molecule has 0 aromatic heterocycles. The van der Waals surface area contributed by atoms with E-state index in [1.165, 1.54) is 0 Å². The normalized spacial score (nSPS) is 38.5. The highest BCUT2D eigenvalue weighted by atomic mass is 79.9. The van der Waals surface area contributed by atoms with E-state index in [1.807, 2.05) is 6.07 Å². The fourth-order valence-electron chi connectivity index (χ4n) is 8.82. The predicted octanol–water partition coefficient (Wildman–Crippen LogP) is 10.1. The number of hydrogen-bond acceptors (Lipinski definition) is 8. The van der Waals surface area contributed by atoms with Crippen molar-refractivity contribution in [3.63, 3.8) is 0 Å². The van der Waals surface area contributed by atoms with Crippen LogP contribution in [-0.4, -0.2) is 94.3 Å². The second-order valence-corrected chi connectivity index (χ2v) is 24.0. The summed E-state index contributed by atoms with van der Waals surface area (Å²) in [5, 5.41) is 2.29. The highest BCUT2D eigenvalue weighted by Gasteiger charge is 2.54. The number of hydrogen-bond donors (Lipinski definition) is 0. The van der Waals surface area contributed by atoms with Crippen molar-refractivity contribution in [1.82, 2.24) is 0 Å². The first kappa shape index (κ1) is 41.4. The maximum Gasteiger partial charge on any atom is 0.192 e. The molecular formula is C47H61BrO8Si. The summed E-state index contributed by atoms with van der Waals surface area (Å²) >= 11 is 3.66. The molecule has 2 aromatic rings. The van der Waals surface area contributed by atoms with E-state index in [2.05, 4.69) is 148 Å². The zero-order valence-electron chi connectivity index (χ0n) is 34.3. The minimum atomic E-state index is -2.07. The standard InChI is InChI=1S/C47H61BrO8Si/c1-30(48)24-25-38-40(56-57(5,6)47(2,3)4)19-10-9-18-34-35(51-38)22-14-23-36-37(50-34)26-27-39-42(52-36)29-43-45(55-39)46(44-41(53-43)20-11-12-28-49-44)54-33-21-13-16-31-15-7-8-17-32(31)33/h7-17,21-22,24,26-27,34-46H,18-20,23,25,28-29H2,1-6H3/b10-9-,22-14-,30-24-/t34-,35+,36-,37+,38-,39-,40+,41+,42+,43-,44-,45+,46-/m1/s1. The summed E-state index contributed by atoms with van der Waals surface area (Å²) in [6.07, 6.45) is 21.2. The van der Waals surface area contributed by atoms with Gasteiger partial charge in [-0.1, -0.05) is 128 Å². The highest BCUT2D eigenvalue weighted by Crippen LogP contribution is 2.42. The van der Waals surface area contributed by atoms with Gasteiger partial charge in [-0.3, -0.25) is 0 Å². The summed E-state index contributed by atoms with van der Waals surface area (Å²) < 4.78 is 56.7. The van der Waals surface area contributed by atoms with Crippen molar-refractivity contribution < 1.29 is 37.6 Å². The first-order chi connectivity index (χ1) is 27.4. The Labute approximate surface area is 348 Å². The summed E-state index contributed by atoms with van der Waals surface area (Å²) in [5.41, 5.74) is 0. The number of allylic oxidation sites excluding steroid dienone is 1. The van der Waals surface area contributed by atoms with Crippen LogP contribution in [0.2, 0.25) is 18.1 Å².